The molecule has 1 aromatic rings. The number of halogens is 2. The van der Waals surface area contributed by atoms with Gasteiger partial charge < -0.3 is 0 Å². The first kappa shape index (κ1) is 10.3. The van der Waals surface area contributed by atoms with Crippen LogP contribution in [0.4, 0.5) is 5.69 Å². The first-order chi connectivity index (χ1) is 6.57. The molecule has 0 amide bonds. The van der Waals surface area contributed by atoms with Crippen LogP contribution in [0.1, 0.15) is 6.42 Å². The van der Waals surface area contributed by atoms with Crippen LogP contribution in [0, 0.1) is 0 Å². The van der Waals surface area contributed by atoms with Crippen molar-refractivity contribution in [1.29, 1.82) is 0 Å². The third-order valence-electron chi connectivity index (χ3n) is 2.05. The average Bonchev–Trinajstić information content (AvgIpc) is 1.99. The monoisotopic (exact) mass is 249 g/mol. The molecule has 5 heteroatoms. The second-order valence-corrected chi connectivity index (χ2v) is 6.67. The summed E-state index contributed by atoms with van der Waals surface area (Å²) in [6, 6.07) is 4.99. The lowest BCUT2D eigenvalue weighted by molar-refractivity contribution is 0.663. The Balaban J connectivity index is 2.43. The van der Waals surface area contributed by atoms with Crippen LogP contribution >= 0.6 is 23.2 Å². The summed E-state index contributed by atoms with van der Waals surface area (Å²) in [5, 5.41) is 1.05. The molecule has 0 bridgehead atoms. The predicted molar refractivity (Wildman–Crippen MR) is 61.0 cm³/mol. The summed E-state index contributed by atoms with van der Waals surface area (Å²) in [7, 11) is -1.97. The Kier molecular flexibility index (Phi) is 2.73. The third kappa shape index (κ3) is 2.22. The molecule has 1 saturated heterocycles. The van der Waals surface area contributed by atoms with Gasteiger partial charge in [0.25, 0.3) is 0 Å². The van der Waals surface area contributed by atoms with E-state index < -0.39 is 9.73 Å². The fourth-order valence-electron chi connectivity index (χ4n) is 1.27. The smallest absolute Gasteiger partial charge is 0.0759 e. The van der Waals surface area contributed by atoms with Crippen molar-refractivity contribution in [3.05, 3.63) is 28.2 Å². The van der Waals surface area contributed by atoms with Crippen LogP contribution in [0.2, 0.25) is 10.0 Å². The van der Waals surface area contributed by atoms with Crippen molar-refractivity contribution in [3.63, 3.8) is 0 Å². The molecule has 0 unspecified atom stereocenters. The van der Waals surface area contributed by atoms with E-state index in [-0.39, 0.29) is 0 Å². The third-order valence-corrected chi connectivity index (χ3v) is 4.88. The molecule has 0 atom stereocenters. The number of nitrogens with zero attached hydrogens (tertiary/aromatic N) is 1. The summed E-state index contributed by atoms with van der Waals surface area (Å²) in [5.41, 5.74) is 0.618. The number of benzene rings is 1. The second-order valence-electron chi connectivity index (χ2n) is 3.25. The molecule has 2 rings (SSSR count). The second kappa shape index (κ2) is 3.72. The van der Waals surface area contributed by atoms with Gasteiger partial charge in [0, 0.05) is 21.6 Å². The molecule has 2 nitrogen and oxygen atoms in total. The van der Waals surface area contributed by atoms with Crippen LogP contribution in [0.25, 0.3) is 0 Å². The van der Waals surface area contributed by atoms with Crippen LogP contribution in [0.15, 0.2) is 22.6 Å². The van der Waals surface area contributed by atoms with Crippen molar-refractivity contribution in [2.75, 3.05) is 11.5 Å². The van der Waals surface area contributed by atoms with Crippen LogP contribution < -0.4 is 0 Å². The Labute approximate surface area is 93.4 Å². The first-order valence-corrected chi connectivity index (χ1v) is 6.87. The van der Waals surface area contributed by atoms with Crippen LogP contribution in [-0.4, -0.2) is 15.7 Å². The van der Waals surface area contributed by atoms with E-state index in [1.165, 1.54) is 0 Å². The molecular formula is C9H9Cl2NOS. The van der Waals surface area contributed by atoms with E-state index in [1.54, 1.807) is 18.2 Å². The number of rotatable bonds is 1. The Morgan fingerprint density at radius 3 is 2.14 bits per heavy atom. The summed E-state index contributed by atoms with van der Waals surface area (Å²) in [5.74, 6) is 1.38. The van der Waals surface area contributed by atoms with Gasteiger partial charge in [0.15, 0.2) is 0 Å². The zero-order valence-electron chi connectivity index (χ0n) is 7.37. The molecule has 0 radical (unpaired) electrons. The van der Waals surface area contributed by atoms with E-state index in [2.05, 4.69) is 4.36 Å². The molecule has 1 aliphatic heterocycles. The zero-order chi connectivity index (χ0) is 10.2. The molecule has 1 aromatic carbocycles. The highest BCUT2D eigenvalue weighted by Gasteiger charge is 2.19. The van der Waals surface area contributed by atoms with E-state index >= 15 is 0 Å². The van der Waals surface area contributed by atoms with Gasteiger partial charge in [0.1, 0.15) is 0 Å². The fraction of sp³-hybridized carbons (Fsp3) is 0.333. The zero-order valence-corrected chi connectivity index (χ0v) is 9.70. The normalized spacial score (nSPS) is 18.7. The lowest BCUT2D eigenvalue weighted by atomic mass is 10.3. The molecule has 0 aromatic heterocycles. The van der Waals surface area contributed by atoms with Crippen molar-refractivity contribution >= 4 is 38.6 Å². The van der Waals surface area contributed by atoms with Crippen molar-refractivity contribution in [2.24, 2.45) is 4.36 Å². The molecular weight excluding hydrogens is 241 g/mol. The van der Waals surface area contributed by atoms with Gasteiger partial charge in [-0.25, -0.2) is 4.21 Å². The lowest BCUT2D eigenvalue weighted by Gasteiger charge is -2.17. The van der Waals surface area contributed by atoms with Gasteiger partial charge in [-0.05, 0) is 24.6 Å². The Morgan fingerprint density at radius 1 is 1.14 bits per heavy atom. The van der Waals surface area contributed by atoms with E-state index in [0.29, 0.717) is 27.2 Å². The molecule has 76 valence electrons. The number of hydrogen-bond donors (Lipinski definition) is 0. The van der Waals surface area contributed by atoms with E-state index in [0.717, 1.165) is 6.42 Å². The lowest BCUT2D eigenvalue weighted by Crippen LogP contribution is -2.22. The maximum absolute atomic E-state index is 11.8. The molecule has 0 aliphatic carbocycles. The minimum absolute atomic E-state index is 0.526. The minimum Gasteiger partial charge on any atom is -0.249 e. The van der Waals surface area contributed by atoms with E-state index in [4.69, 9.17) is 23.2 Å². The molecule has 1 aliphatic rings. The van der Waals surface area contributed by atoms with E-state index in [1.807, 2.05) is 0 Å². The summed E-state index contributed by atoms with van der Waals surface area (Å²) < 4.78 is 16.0. The summed E-state index contributed by atoms with van der Waals surface area (Å²) in [4.78, 5) is 0. The topological polar surface area (TPSA) is 29.4 Å². The summed E-state index contributed by atoms with van der Waals surface area (Å²) in [6.07, 6.45) is 0.997. The number of hydrogen-bond acceptors (Lipinski definition) is 2. The Bertz CT molecular complexity index is 447. The SMILES string of the molecule is O=S1(=Nc2cc(Cl)cc(Cl)c2)CCC1. The quantitative estimate of drug-likeness (QED) is 0.750. The van der Waals surface area contributed by atoms with Gasteiger partial charge in [-0.15, -0.1) is 0 Å². The standard InChI is InChI=1S/C9H9Cl2NOS/c10-7-4-8(11)6-9(5-7)12-14(13)2-1-3-14/h4-6H,1-3H2. The predicted octanol–water partition coefficient (Wildman–Crippen LogP) is 3.50. The highest BCUT2D eigenvalue weighted by atomic mass is 35.5. The first-order valence-electron chi connectivity index (χ1n) is 4.26. The van der Waals surface area contributed by atoms with Crippen LogP contribution in [0.3, 0.4) is 0 Å². The Hall–Kier alpha value is -0.250. The average molecular weight is 250 g/mol. The fourth-order valence-corrected chi connectivity index (χ4v) is 3.24. The molecule has 0 spiro atoms. The van der Waals surface area contributed by atoms with E-state index in [9.17, 15) is 4.21 Å². The molecule has 1 heterocycles. The maximum Gasteiger partial charge on any atom is 0.0759 e. The van der Waals surface area contributed by atoms with Gasteiger partial charge in [-0.1, -0.05) is 23.2 Å². The van der Waals surface area contributed by atoms with Crippen LogP contribution in [0.5, 0.6) is 0 Å². The van der Waals surface area contributed by atoms with Crippen molar-refractivity contribution in [3.8, 4) is 0 Å². The minimum atomic E-state index is -1.97. The van der Waals surface area contributed by atoms with Crippen molar-refractivity contribution in [1.82, 2.24) is 0 Å². The van der Waals surface area contributed by atoms with Gasteiger partial charge in [0.05, 0.1) is 15.4 Å². The Morgan fingerprint density at radius 2 is 1.71 bits per heavy atom. The maximum atomic E-state index is 11.8. The molecule has 1 fully saturated rings. The molecule has 0 saturated carbocycles. The van der Waals surface area contributed by atoms with Crippen LogP contribution in [-0.2, 0) is 9.73 Å². The van der Waals surface area contributed by atoms with Crippen molar-refractivity contribution < 1.29 is 4.21 Å². The van der Waals surface area contributed by atoms with Gasteiger partial charge in [0.2, 0.25) is 0 Å². The largest absolute Gasteiger partial charge is 0.249 e. The van der Waals surface area contributed by atoms with Crippen molar-refractivity contribution in [2.45, 2.75) is 6.42 Å². The van der Waals surface area contributed by atoms with Gasteiger partial charge in [-0.2, -0.15) is 4.36 Å². The highest BCUT2D eigenvalue weighted by Crippen LogP contribution is 2.27. The summed E-state index contributed by atoms with van der Waals surface area (Å²) in [6.45, 7) is 0. The van der Waals surface area contributed by atoms with Gasteiger partial charge in [-0.3, -0.25) is 0 Å². The molecule has 14 heavy (non-hydrogen) atoms. The van der Waals surface area contributed by atoms with Gasteiger partial charge >= 0.3 is 0 Å². The summed E-state index contributed by atoms with van der Waals surface area (Å²) >= 11 is 11.6. The highest BCUT2D eigenvalue weighted by molar-refractivity contribution is 7.95. The molecule has 0 N–H and O–H groups in total.